The van der Waals surface area contributed by atoms with E-state index in [0.29, 0.717) is 17.9 Å². The third-order valence-electron chi connectivity index (χ3n) is 8.58. The summed E-state index contributed by atoms with van der Waals surface area (Å²) in [5.74, 6) is 0.911. The van der Waals surface area contributed by atoms with Gasteiger partial charge in [-0.2, -0.15) is 0 Å². The second-order valence-corrected chi connectivity index (χ2v) is 11.2. The van der Waals surface area contributed by atoms with Crippen molar-refractivity contribution in [1.82, 2.24) is 0 Å². The quantitative estimate of drug-likeness (QED) is 0.186. The topological polar surface area (TPSA) is 15.4 Å². The molecule has 2 nitrogen and oxygen atoms in total. The Hall–Kier alpha value is -3.52. The van der Waals surface area contributed by atoms with Gasteiger partial charge in [-0.25, -0.2) is 4.58 Å². The van der Waals surface area contributed by atoms with E-state index in [-0.39, 0.29) is 12.0 Å². The van der Waals surface area contributed by atoms with Gasteiger partial charge in [-0.3, -0.25) is 4.99 Å². The average Bonchev–Trinajstić information content (AvgIpc) is 3.24. The van der Waals surface area contributed by atoms with Crippen molar-refractivity contribution >= 4 is 18.0 Å². The van der Waals surface area contributed by atoms with Gasteiger partial charge in [-0.1, -0.05) is 105 Å². The highest BCUT2D eigenvalue weighted by molar-refractivity contribution is 6.03. The Labute approximate surface area is 236 Å². The van der Waals surface area contributed by atoms with Gasteiger partial charge in [0.25, 0.3) is 0 Å². The normalized spacial score (nSPS) is 25.5. The second-order valence-electron chi connectivity index (χ2n) is 11.2. The predicted molar refractivity (Wildman–Crippen MR) is 171 cm³/mol. The molecule has 0 heterocycles. The molecule has 39 heavy (non-hydrogen) atoms. The van der Waals surface area contributed by atoms with E-state index in [1.165, 1.54) is 39.1 Å². The fourth-order valence-corrected chi connectivity index (χ4v) is 6.22. The summed E-state index contributed by atoms with van der Waals surface area (Å²) >= 11 is 0. The first-order valence-corrected chi connectivity index (χ1v) is 14.5. The zero-order valence-corrected chi connectivity index (χ0v) is 24.6. The Bertz CT molecular complexity index is 1340. The van der Waals surface area contributed by atoms with Crippen molar-refractivity contribution in [2.45, 2.75) is 59.5 Å². The van der Waals surface area contributed by atoms with Crippen molar-refractivity contribution in [3.8, 4) is 0 Å². The summed E-state index contributed by atoms with van der Waals surface area (Å²) in [4.78, 5) is 4.86. The van der Waals surface area contributed by atoms with Crippen LogP contribution in [-0.4, -0.2) is 36.1 Å². The molecule has 0 bridgehead atoms. The first kappa shape index (κ1) is 28.5. The molecular formula is C37H45N2+. The van der Waals surface area contributed by atoms with E-state index in [1.54, 1.807) is 0 Å². The molecule has 2 heteroatoms. The minimum absolute atomic E-state index is 0.0624. The highest BCUT2D eigenvalue weighted by Gasteiger charge is 2.41. The van der Waals surface area contributed by atoms with Crippen molar-refractivity contribution in [2.75, 3.05) is 7.05 Å². The maximum absolute atomic E-state index is 4.86. The third-order valence-corrected chi connectivity index (χ3v) is 8.58. The van der Waals surface area contributed by atoms with Crippen LogP contribution in [0.3, 0.4) is 0 Å². The molecule has 0 spiro atoms. The van der Waals surface area contributed by atoms with E-state index >= 15 is 0 Å². The molecule has 0 fully saturated rings. The summed E-state index contributed by atoms with van der Waals surface area (Å²) in [6.45, 7) is 15.6. The Kier molecular flexibility index (Phi) is 9.51. The molecule has 3 aliphatic rings. The predicted octanol–water partition coefficient (Wildman–Crippen LogP) is 8.73. The first-order valence-electron chi connectivity index (χ1n) is 14.5. The zero-order chi connectivity index (χ0) is 27.9. The number of hydrogen-bond acceptors (Lipinski definition) is 1. The third kappa shape index (κ3) is 6.22. The van der Waals surface area contributed by atoms with E-state index in [0.717, 1.165) is 12.8 Å². The molecule has 0 N–H and O–H groups in total. The molecule has 1 aromatic rings. The Morgan fingerprint density at radius 2 is 1.85 bits per heavy atom. The molecule has 3 unspecified atom stereocenters. The maximum atomic E-state index is 4.86. The minimum atomic E-state index is -0.0790. The average molecular weight is 518 g/mol. The van der Waals surface area contributed by atoms with Crippen LogP contribution in [-0.2, 0) is 0 Å². The lowest BCUT2D eigenvalue weighted by Gasteiger charge is -2.33. The lowest BCUT2D eigenvalue weighted by atomic mass is 9.73. The van der Waals surface area contributed by atoms with Crippen LogP contribution in [0.15, 0.2) is 124 Å². The summed E-state index contributed by atoms with van der Waals surface area (Å²) in [5.41, 5.74) is 9.15. The molecular weight excluding hydrogens is 472 g/mol. The van der Waals surface area contributed by atoms with Gasteiger partial charge >= 0.3 is 0 Å². The maximum Gasteiger partial charge on any atom is 0.189 e. The van der Waals surface area contributed by atoms with Crippen molar-refractivity contribution in [2.24, 2.45) is 22.7 Å². The number of allylic oxidation sites excluding steroid dienone is 13. The van der Waals surface area contributed by atoms with Crippen LogP contribution in [0.4, 0.5) is 0 Å². The first-order chi connectivity index (χ1) is 18.9. The monoisotopic (exact) mass is 517 g/mol. The van der Waals surface area contributed by atoms with Gasteiger partial charge in [0.15, 0.2) is 11.8 Å². The number of rotatable bonds is 8. The van der Waals surface area contributed by atoms with Gasteiger partial charge in [0.1, 0.15) is 7.05 Å². The highest BCUT2D eigenvalue weighted by atomic mass is 15.0. The lowest BCUT2D eigenvalue weighted by molar-refractivity contribution is -0.542. The Morgan fingerprint density at radius 1 is 1.08 bits per heavy atom. The van der Waals surface area contributed by atoms with Crippen LogP contribution in [0.25, 0.3) is 5.57 Å². The molecule has 5 atom stereocenters. The Morgan fingerprint density at radius 3 is 2.54 bits per heavy atom. The minimum Gasteiger partial charge on any atom is -0.292 e. The number of aliphatic imine (C=N–C) groups is 1. The smallest absolute Gasteiger partial charge is 0.189 e. The molecule has 0 amide bonds. The number of benzene rings is 1. The van der Waals surface area contributed by atoms with Crippen molar-refractivity contribution in [3.63, 3.8) is 0 Å². The van der Waals surface area contributed by atoms with E-state index in [2.05, 4.69) is 150 Å². The van der Waals surface area contributed by atoms with E-state index < -0.39 is 0 Å². The van der Waals surface area contributed by atoms with E-state index in [1.807, 2.05) is 0 Å². The molecule has 3 aliphatic carbocycles. The molecule has 1 aromatic carbocycles. The number of nitrogens with zero attached hydrogens (tertiary/aromatic N) is 2. The molecule has 4 rings (SSSR count). The van der Waals surface area contributed by atoms with Crippen LogP contribution in [0.2, 0.25) is 0 Å². The fraction of sp³-hybridized carbons (Fsp3) is 0.351. The van der Waals surface area contributed by atoms with E-state index in [9.17, 15) is 0 Å². The van der Waals surface area contributed by atoms with Crippen molar-refractivity contribution in [1.29, 1.82) is 0 Å². The van der Waals surface area contributed by atoms with Crippen molar-refractivity contribution in [3.05, 3.63) is 125 Å². The summed E-state index contributed by atoms with van der Waals surface area (Å²) in [7, 11) is 2.29. The molecule has 0 saturated heterocycles. The second kappa shape index (κ2) is 13.0. The summed E-state index contributed by atoms with van der Waals surface area (Å²) in [6.07, 6.45) is 27.0. The van der Waals surface area contributed by atoms with Crippen LogP contribution >= 0.6 is 0 Å². The lowest BCUT2D eigenvalue weighted by Crippen LogP contribution is -2.41. The summed E-state index contributed by atoms with van der Waals surface area (Å²) < 4.78 is 2.54. The van der Waals surface area contributed by atoms with Gasteiger partial charge in [0.05, 0.1) is 12.0 Å². The zero-order valence-electron chi connectivity index (χ0n) is 24.6. The standard InChI is InChI=1S/C37H45N2/c1-8-17-26(2)29(5)39(7)37(35-27(3)18-16-19-28(35)4)34-25-32(30-20-12-9-10-13-21-30)24-33(36(34)38-6)31-22-14-11-15-23-31/h8-12,14-18,20-26,28-29,34,36H,6,13,19H2,1-5,7H3/q+1/b17-8-,39-37?/t26?,28?,29-,34?,36+/m0/s1. The van der Waals surface area contributed by atoms with Crippen LogP contribution in [0.1, 0.15) is 53.0 Å². The SMILES string of the molecule is C=N[C@@H]1C(c2ccccc2)=CC(C2=CCC=CC=C2)=CC1C(C1=C(C)C=CCC1C)=[N+](C)[C@@H](C)C(C)/C=C\C. The Balaban J connectivity index is 2.00. The van der Waals surface area contributed by atoms with Crippen LogP contribution in [0, 0.1) is 17.8 Å². The fourth-order valence-electron chi connectivity index (χ4n) is 6.22. The largest absolute Gasteiger partial charge is 0.292 e. The molecule has 0 radical (unpaired) electrons. The van der Waals surface area contributed by atoms with Crippen LogP contribution in [0.5, 0.6) is 0 Å². The van der Waals surface area contributed by atoms with Gasteiger partial charge in [-0.05, 0) is 80.2 Å². The van der Waals surface area contributed by atoms with Gasteiger partial charge in [0.2, 0.25) is 0 Å². The van der Waals surface area contributed by atoms with Crippen molar-refractivity contribution < 1.29 is 4.58 Å². The molecule has 0 saturated carbocycles. The van der Waals surface area contributed by atoms with Gasteiger partial charge in [0, 0.05) is 11.5 Å². The van der Waals surface area contributed by atoms with Crippen LogP contribution < -0.4 is 0 Å². The molecule has 0 aromatic heterocycles. The highest BCUT2D eigenvalue weighted by Crippen LogP contribution is 2.40. The summed E-state index contributed by atoms with van der Waals surface area (Å²) in [6, 6.07) is 11.0. The molecule has 0 aliphatic heterocycles. The number of hydrogen-bond donors (Lipinski definition) is 0. The van der Waals surface area contributed by atoms with Gasteiger partial charge in [-0.15, -0.1) is 0 Å². The van der Waals surface area contributed by atoms with E-state index in [4.69, 9.17) is 4.99 Å². The molecule has 202 valence electrons. The van der Waals surface area contributed by atoms with Gasteiger partial charge < -0.3 is 0 Å². The summed E-state index contributed by atoms with van der Waals surface area (Å²) in [5, 5.41) is 0.